The number of benzene rings is 1. The number of carbonyl (C=O) groups is 1. The largest absolute Gasteiger partial charge is 0.480 e. The van der Waals surface area contributed by atoms with E-state index in [0.29, 0.717) is 5.75 Å². The Morgan fingerprint density at radius 3 is 2.67 bits per heavy atom. The van der Waals surface area contributed by atoms with Crippen LogP contribution >= 0.6 is 0 Å². The Morgan fingerprint density at radius 1 is 1.27 bits per heavy atom. The summed E-state index contributed by atoms with van der Waals surface area (Å²) in [7, 11) is 0. The third-order valence-corrected chi connectivity index (χ3v) is 2.02. The van der Waals surface area contributed by atoms with E-state index in [9.17, 15) is 4.79 Å². The first kappa shape index (κ1) is 9.91. The van der Waals surface area contributed by atoms with Crippen LogP contribution in [0.15, 0.2) is 30.3 Å². The number of rotatable bonds is 3. The summed E-state index contributed by atoms with van der Waals surface area (Å²) in [6, 6.07) is 8.21. The van der Waals surface area contributed by atoms with Crippen molar-refractivity contribution in [3.05, 3.63) is 30.3 Å². The van der Waals surface area contributed by atoms with Gasteiger partial charge in [0.05, 0.1) is 0 Å². The zero-order valence-electron chi connectivity index (χ0n) is 7.81. The Bertz CT molecular complexity index is 344. The van der Waals surface area contributed by atoms with Gasteiger partial charge in [0, 0.05) is 0 Å². The highest BCUT2D eigenvalue weighted by molar-refractivity contribution is 5.74. The molecule has 1 aromatic rings. The van der Waals surface area contributed by atoms with Crippen molar-refractivity contribution in [3.63, 3.8) is 0 Å². The molecule has 6 nitrogen and oxygen atoms in total. The van der Waals surface area contributed by atoms with Crippen molar-refractivity contribution in [3.8, 4) is 5.75 Å². The molecule has 0 aromatic heterocycles. The second kappa shape index (κ2) is 4.26. The molecule has 1 aliphatic heterocycles. The lowest BCUT2D eigenvalue weighted by molar-refractivity contribution is -0.141. The Labute approximate surface area is 86.2 Å². The Kier molecular flexibility index (Phi) is 2.82. The molecule has 6 heteroatoms. The number of hydrogen-bond donors (Lipinski definition) is 4. The smallest absolute Gasteiger partial charge is 0.327 e. The van der Waals surface area contributed by atoms with Gasteiger partial charge in [0.25, 0.3) is 0 Å². The van der Waals surface area contributed by atoms with E-state index in [4.69, 9.17) is 9.84 Å². The van der Waals surface area contributed by atoms with Gasteiger partial charge in [0.1, 0.15) is 5.75 Å². The fourth-order valence-electron chi connectivity index (χ4n) is 1.28. The second-order valence-corrected chi connectivity index (χ2v) is 3.08. The maximum Gasteiger partial charge on any atom is 0.327 e. The van der Waals surface area contributed by atoms with Crippen LogP contribution < -0.4 is 21.1 Å². The van der Waals surface area contributed by atoms with Crippen molar-refractivity contribution in [1.82, 2.24) is 16.4 Å². The molecule has 0 amide bonds. The standard InChI is InChI=1S/C9H11N3O3/c13-9(14)7-8(11-12-10-7)15-6-4-2-1-3-5-6/h1-5,7-8,10-12H,(H,13,14). The number of nitrogens with one attached hydrogen (secondary N) is 3. The normalized spacial score (nSPS) is 25.1. The monoisotopic (exact) mass is 209 g/mol. The van der Waals surface area contributed by atoms with Gasteiger partial charge in [-0.1, -0.05) is 18.2 Å². The van der Waals surface area contributed by atoms with Gasteiger partial charge in [-0.15, -0.1) is 0 Å². The van der Waals surface area contributed by atoms with Crippen molar-refractivity contribution in [2.75, 3.05) is 0 Å². The quantitative estimate of drug-likeness (QED) is 0.535. The van der Waals surface area contributed by atoms with Gasteiger partial charge in [0.15, 0.2) is 12.3 Å². The molecule has 0 spiro atoms. The van der Waals surface area contributed by atoms with Crippen molar-refractivity contribution >= 4 is 5.97 Å². The van der Waals surface area contributed by atoms with Crippen molar-refractivity contribution < 1.29 is 14.6 Å². The summed E-state index contributed by atoms with van der Waals surface area (Å²) in [5.74, 6) is -0.361. The van der Waals surface area contributed by atoms with Crippen LogP contribution in [0.3, 0.4) is 0 Å². The number of carboxylic acids is 1. The van der Waals surface area contributed by atoms with Gasteiger partial charge in [-0.05, 0) is 12.1 Å². The second-order valence-electron chi connectivity index (χ2n) is 3.08. The van der Waals surface area contributed by atoms with Crippen LogP contribution in [0.4, 0.5) is 0 Å². The molecule has 4 N–H and O–H groups in total. The van der Waals surface area contributed by atoms with Crippen LogP contribution in [0.2, 0.25) is 0 Å². The van der Waals surface area contributed by atoms with Gasteiger partial charge in [-0.2, -0.15) is 5.53 Å². The van der Waals surface area contributed by atoms with Gasteiger partial charge in [0.2, 0.25) is 0 Å². The number of aliphatic carboxylic acids is 1. The summed E-state index contributed by atoms with van der Waals surface area (Å²) < 4.78 is 5.43. The van der Waals surface area contributed by atoms with E-state index < -0.39 is 18.2 Å². The lowest BCUT2D eigenvalue weighted by atomic mass is 10.3. The maximum atomic E-state index is 10.8. The zero-order valence-corrected chi connectivity index (χ0v) is 7.81. The summed E-state index contributed by atoms with van der Waals surface area (Å²) in [6.07, 6.45) is -0.634. The number of carboxylic acid groups (broad SMARTS) is 1. The van der Waals surface area contributed by atoms with E-state index in [1.165, 1.54) is 0 Å². The average Bonchev–Trinajstić information content (AvgIpc) is 2.67. The van der Waals surface area contributed by atoms with Crippen LogP contribution in [0.25, 0.3) is 0 Å². The van der Waals surface area contributed by atoms with E-state index in [-0.39, 0.29) is 0 Å². The molecule has 0 radical (unpaired) electrons. The minimum Gasteiger partial charge on any atom is -0.480 e. The Morgan fingerprint density at radius 2 is 2.00 bits per heavy atom. The number of ether oxygens (including phenoxy) is 1. The van der Waals surface area contributed by atoms with Crippen molar-refractivity contribution in [2.45, 2.75) is 12.3 Å². The van der Waals surface area contributed by atoms with Crippen molar-refractivity contribution in [1.29, 1.82) is 0 Å². The first-order chi connectivity index (χ1) is 7.27. The molecule has 0 saturated carbocycles. The summed E-state index contributed by atoms with van der Waals surface area (Å²) in [5, 5.41) is 8.84. The maximum absolute atomic E-state index is 10.8. The van der Waals surface area contributed by atoms with E-state index in [2.05, 4.69) is 16.4 Å². The summed E-state index contributed by atoms with van der Waals surface area (Å²) in [6.45, 7) is 0. The van der Waals surface area contributed by atoms with Crippen molar-refractivity contribution in [2.24, 2.45) is 0 Å². The van der Waals surface area contributed by atoms with Crippen LogP contribution in [0.1, 0.15) is 0 Å². The summed E-state index contributed by atoms with van der Waals surface area (Å²) in [5.41, 5.74) is 7.73. The third kappa shape index (κ3) is 2.24. The molecule has 2 atom stereocenters. The summed E-state index contributed by atoms with van der Waals surface area (Å²) in [4.78, 5) is 10.8. The van der Waals surface area contributed by atoms with Gasteiger partial charge in [-0.3, -0.25) is 4.79 Å². The first-order valence-corrected chi connectivity index (χ1v) is 4.48. The Balaban J connectivity index is 2.03. The van der Waals surface area contributed by atoms with E-state index in [0.717, 1.165) is 0 Å². The predicted molar refractivity (Wildman–Crippen MR) is 51.7 cm³/mol. The van der Waals surface area contributed by atoms with E-state index in [1.54, 1.807) is 12.1 Å². The molecule has 2 unspecified atom stereocenters. The molecule has 0 aliphatic carbocycles. The average molecular weight is 209 g/mol. The molecular weight excluding hydrogens is 198 g/mol. The molecule has 2 rings (SSSR count). The fourth-order valence-corrected chi connectivity index (χ4v) is 1.28. The minimum atomic E-state index is -0.978. The SMILES string of the molecule is O=C(O)C1NNNC1Oc1ccccc1. The Hall–Kier alpha value is -1.63. The van der Waals surface area contributed by atoms with Crippen LogP contribution in [-0.4, -0.2) is 23.3 Å². The number of para-hydroxylation sites is 1. The molecule has 15 heavy (non-hydrogen) atoms. The topological polar surface area (TPSA) is 82.6 Å². The van der Waals surface area contributed by atoms with Gasteiger partial charge < -0.3 is 9.84 Å². The lowest BCUT2D eigenvalue weighted by Crippen LogP contribution is -2.44. The highest BCUT2D eigenvalue weighted by Gasteiger charge is 2.34. The highest BCUT2D eigenvalue weighted by atomic mass is 16.5. The molecule has 0 bridgehead atoms. The molecule has 1 aliphatic rings. The minimum absolute atomic E-state index is 0.617. The molecular formula is C9H11N3O3. The van der Waals surface area contributed by atoms with Gasteiger partial charge in [-0.25, -0.2) is 10.9 Å². The zero-order chi connectivity index (χ0) is 10.7. The van der Waals surface area contributed by atoms with Gasteiger partial charge >= 0.3 is 5.97 Å². The van der Waals surface area contributed by atoms with Crippen LogP contribution in [0, 0.1) is 0 Å². The fraction of sp³-hybridized carbons (Fsp3) is 0.222. The first-order valence-electron chi connectivity index (χ1n) is 4.48. The molecule has 80 valence electrons. The van der Waals surface area contributed by atoms with E-state index >= 15 is 0 Å². The summed E-state index contributed by atoms with van der Waals surface area (Å²) >= 11 is 0. The number of hydrogen-bond acceptors (Lipinski definition) is 5. The molecule has 1 aromatic carbocycles. The van der Waals surface area contributed by atoms with Crippen LogP contribution in [0.5, 0.6) is 5.75 Å². The van der Waals surface area contributed by atoms with Crippen LogP contribution in [-0.2, 0) is 4.79 Å². The molecule has 1 fully saturated rings. The lowest BCUT2D eigenvalue weighted by Gasteiger charge is -2.16. The molecule has 1 saturated heterocycles. The predicted octanol–water partition coefficient (Wildman–Crippen LogP) is -0.543. The number of hydrazine groups is 2. The highest BCUT2D eigenvalue weighted by Crippen LogP contribution is 2.12. The molecule has 1 heterocycles. The third-order valence-electron chi connectivity index (χ3n) is 2.02. The van der Waals surface area contributed by atoms with E-state index in [1.807, 2.05) is 18.2 Å².